The molecule has 1 atom stereocenters. The lowest BCUT2D eigenvalue weighted by atomic mass is 9.99. The quantitative estimate of drug-likeness (QED) is 0.862. The van der Waals surface area contributed by atoms with Gasteiger partial charge in [0.15, 0.2) is 0 Å². The predicted octanol–water partition coefficient (Wildman–Crippen LogP) is 2.14. The van der Waals surface area contributed by atoms with Crippen LogP contribution in [0, 0.1) is 0 Å². The number of hydrogen-bond donors (Lipinski definition) is 2. The molecule has 5 heteroatoms. The van der Waals surface area contributed by atoms with Gasteiger partial charge in [0.25, 0.3) is 0 Å². The van der Waals surface area contributed by atoms with Gasteiger partial charge in [-0.1, -0.05) is 0 Å². The topological polar surface area (TPSA) is 61.3 Å². The van der Waals surface area contributed by atoms with Crippen molar-refractivity contribution in [1.29, 1.82) is 0 Å². The molecule has 20 heavy (non-hydrogen) atoms. The molecule has 0 amide bonds. The number of nitrogens with one attached hydrogen (secondary N) is 1. The third-order valence-electron chi connectivity index (χ3n) is 4.31. The van der Waals surface area contributed by atoms with Crippen molar-refractivity contribution in [3.8, 4) is 0 Å². The summed E-state index contributed by atoms with van der Waals surface area (Å²) in [6, 6.07) is 2.46. The number of aliphatic hydroxyl groups is 1. The van der Waals surface area contributed by atoms with Crippen molar-refractivity contribution < 1.29 is 5.11 Å². The molecule has 0 spiro atoms. The highest BCUT2D eigenvalue weighted by atomic mass is 16.3. The maximum atomic E-state index is 9.27. The normalized spacial score (nSPS) is 22.9. The van der Waals surface area contributed by atoms with Gasteiger partial charge in [0.05, 0.1) is 0 Å². The fourth-order valence-corrected chi connectivity index (χ4v) is 3.00. The van der Waals surface area contributed by atoms with Gasteiger partial charge in [0.2, 0.25) is 0 Å². The highest BCUT2D eigenvalue weighted by molar-refractivity contribution is 5.50. The van der Waals surface area contributed by atoms with Crippen LogP contribution in [0.1, 0.15) is 50.3 Å². The smallest absolute Gasteiger partial charge is 0.136 e. The van der Waals surface area contributed by atoms with E-state index in [-0.39, 0.29) is 6.61 Å². The van der Waals surface area contributed by atoms with Crippen LogP contribution in [0.25, 0.3) is 0 Å². The third-order valence-corrected chi connectivity index (χ3v) is 4.31. The number of aromatic nitrogens is 2. The lowest BCUT2D eigenvalue weighted by Gasteiger charge is -2.36. The Balaban J connectivity index is 1.88. The van der Waals surface area contributed by atoms with Crippen LogP contribution in [0.2, 0.25) is 0 Å². The van der Waals surface area contributed by atoms with E-state index in [0.717, 1.165) is 36.8 Å². The first kappa shape index (κ1) is 13.6. The summed E-state index contributed by atoms with van der Waals surface area (Å²) in [5, 5.41) is 12.4. The van der Waals surface area contributed by atoms with E-state index in [1.165, 1.54) is 25.7 Å². The largest absolute Gasteiger partial charge is 0.396 e. The van der Waals surface area contributed by atoms with Crippen molar-refractivity contribution in [3.05, 3.63) is 11.9 Å². The Morgan fingerprint density at radius 1 is 1.30 bits per heavy atom. The molecule has 2 N–H and O–H groups in total. The van der Waals surface area contributed by atoms with Crippen LogP contribution in [0.5, 0.6) is 0 Å². The minimum Gasteiger partial charge on any atom is -0.396 e. The summed E-state index contributed by atoms with van der Waals surface area (Å²) >= 11 is 0. The number of aliphatic hydroxyl groups excluding tert-OH is 1. The first-order valence-corrected chi connectivity index (χ1v) is 7.76. The number of rotatable bonds is 5. The fourth-order valence-electron chi connectivity index (χ4n) is 3.00. The van der Waals surface area contributed by atoms with Crippen molar-refractivity contribution >= 4 is 11.6 Å². The SMILES string of the molecule is CNc1cc(N2CCCCC2CCO)nc(C2CC2)n1. The van der Waals surface area contributed by atoms with E-state index >= 15 is 0 Å². The van der Waals surface area contributed by atoms with E-state index in [9.17, 15) is 5.11 Å². The third kappa shape index (κ3) is 2.87. The van der Waals surface area contributed by atoms with Gasteiger partial charge in [-0.3, -0.25) is 0 Å². The first-order chi connectivity index (χ1) is 9.81. The summed E-state index contributed by atoms with van der Waals surface area (Å²) in [5.74, 6) is 3.48. The number of nitrogens with zero attached hydrogens (tertiary/aromatic N) is 3. The molecule has 1 aromatic heterocycles. The Kier molecular flexibility index (Phi) is 4.05. The van der Waals surface area contributed by atoms with E-state index in [1.54, 1.807) is 0 Å². The number of anilines is 2. The number of hydrogen-bond acceptors (Lipinski definition) is 5. The van der Waals surface area contributed by atoms with Crippen LogP contribution in [0.15, 0.2) is 6.07 Å². The second-order valence-corrected chi connectivity index (χ2v) is 5.85. The van der Waals surface area contributed by atoms with E-state index in [2.05, 4.69) is 15.2 Å². The maximum Gasteiger partial charge on any atom is 0.136 e. The molecular formula is C15H24N4O. The molecular weight excluding hydrogens is 252 g/mol. The Morgan fingerprint density at radius 3 is 2.85 bits per heavy atom. The van der Waals surface area contributed by atoms with Crippen LogP contribution in [0.4, 0.5) is 11.6 Å². The maximum absolute atomic E-state index is 9.27. The second kappa shape index (κ2) is 5.95. The summed E-state index contributed by atoms with van der Waals surface area (Å²) in [4.78, 5) is 11.7. The standard InChI is InChI=1S/C15H24N4O/c1-16-13-10-14(18-15(17-13)11-5-6-11)19-8-3-2-4-12(19)7-9-20/h10-12,20H,2-9H2,1H3,(H,16,17,18). The van der Waals surface area contributed by atoms with Gasteiger partial charge in [0, 0.05) is 38.2 Å². The van der Waals surface area contributed by atoms with Crippen molar-refractivity contribution in [1.82, 2.24) is 9.97 Å². The Morgan fingerprint density at radius 2 is 2.15 bits per heavy atom. The first-order valence-electron chi connectivity index (χ1n) is 7.76. The van der Waals surface area contributed by atoms with Gasteiger partial charge < -0.3 is 15.3 Å². The van der Waals surface area contributed by atoms with Gasteiger partial charge in [0.1, 0.15) is 17.5 Å². The van der Waals surface area contributed by atoms with Crippen molar-refractivity contribution in [2.24, 2.45) is 0 Å². The minimum atomic E-state index is 0.251. The molecule has 3 rings (SSSR count). The Bertz CT molecular complexity index is 459. The summed E-state index contributed by atoms with van der Waals surface area (Å²) in [6.07, 6.45) is 6.87. The zero-order valence-corrected chi connectivity index (χ0v) is 12.2. The minimum absolute atomic E-state index is 0.251. The molecule has 1 saturated heterocycles. The molecule has 110 valence electrons. The van der Waals surface area contributed by atoms with E-state index in [4.69, 9.17) is 4.98 Å². The monoisotopic (exact) mass is 276 g/mol. The summed E-state index contributed by atoms with van der Waals surface area (Å²) in [6.45, 7) is 1.29. The summed E-state index contributed by atoms with van der Waals surface area (Å²) in [7, 11) is 1.91. The molecule has 1 unspecified atom stereocenters. The lowest BCUT2D eigenvalue weighted by molar-refractivity contribution is 0.262. The van der Waals surface area contributed by atoms with Gasteiger partial charge in [-0.25, -0.2) is 9.97 Å². The second-order valence-electron chi connectivity index (χ2n) is 5.85. The fraction of sp³-hybridized carbons (Fsp3) is 0.733. The van der Waals surface area contributed by atoms with Gasteiger partial charge in [-0.15, -0.1) is 0 Å². The molecule has 2 fully saturated rings. The van der Waals surface area contributed by atoms with Crippen molar-refractivity contribution in [2.45, 2.75) is 50.5 Å². The van der Waals surface area contributed by atoms with Crippen molar-refractivity contribution in [2.75, 3.05) is 30.4 Å². The van der Waals surface area contributed by atoms with Gasteiger partial charge in [-0.2, -0.15) is 0 Å². The zero-order valence-electron chi connectivity index (χ0n) is 12.2. The molecule has 1 aliphatic heterocycles. The predicted molar refractivity (Wildman–Crippen MR) is 80.2 cm³/mol. The number of piperidine rings is 1. The van der Waals surface area contributed by atoms with Gasteiger partial charge in [-0.05, 0) is 38.5 Å². The Labute approximate surface area is 120 Å². The average Bonchev–Trinajstić information content (AvgIpc) is 3.32. The molecule has 2 aliphatic rings. The average molecular weight is 276 g/mol. The highest BCUT2D eigenvalue weighted by Crippen LogP contribution is 2.39. The molecule has 1 saturated carbocycles. The summed E-state index contributed by atoms with van der Waals surface area (Å²) in [5.41, 5.74) is 0. The molecule has 2 heterocycles. The molecule has 1 aliphatic carbocycles. The molecule has 1 aromatic rings. The highest BCUT2D eigenvalue weighted by Gasteiger charge is 2.29. The van der Waals surface area contributed by atoms with Crippen LogP contribution < -0.4 is 10.2 Å². The molecule has 5 nitrogen and oxygen atoms in total. The molecule has 0 aromatic carbocycles. The van der Waals surface area contributed by atoms with Crippen molar-refractivity contribution in [3.63, 3.8) is 0 Å². The zero-order chi connectivity index (χ0) is 13.9. The van der Waals surface area contributed by atoms with Crippen LogP contribution in [-0.4, -0.2) is 41.3 Å². The molecule has 0 bridgehead atoms. The van der Waals surface area contributed by atoms with E-state index in [0.29, 0.717) is 12.0 Å². The van der Waals surface area contributed by atoms with Crippen LogP contribution >= 0.6 is 0 Å². The van der Waals surface area contributed by atoms with E-state index in [1.807, 2.05) is 13.1 Å². The molecule has 0 radical (unpaired) electrons. The van der Waals surface area contributed by atoms with Gasteiger partial charge >= 0.3 is 0 Å². The van der Waals surface area contributed by atoms with Crippen LogP contribution in [0.3, 0.4) is 0 Å². The van der Waals surface area contributed by atoms with Crippen LogP contribution in [-0.2, 0) is 0 Å². The lowest BCUT2D eigenvalue weighted by Crippen LogP contribution is -2.40. The van der Waals surface area contributed by atoms with E-state index < -0.39 is 0 Å². The Hall–Kier alpha value is -1.36. The summed E-state index contributed by atoms with van der Waals surface area (Å²) < 4.78 is 0.